The number of likely N-dealkylation sites (tertiary alicyclic amines) is 1. The summed E-state index contributed by atoms with van der Waals surface area (Å²) >= 11 is 0. The predicted octanol–water partition coefficient (Wildman–Crippen LogP) is 3.26. The summed E-state index contributed by atoms with van der Waals surface area (Å²) in [6.07, 6.45) is 2.48. The quantitative estimate of drug-likeness (QED) is 0.887. The van der Waals surface area contributed by atoms with Crippen molar-refractivity contribution in [1.29, 1.82) is 0 Å². The zero-order valence-electron chi connectivity index (χ0n) is 14.1. The number of rotatable bonds is 6. The zero-order valence-corrected chi connectivity index (χ0v) is 14.1. The molecule has 0 bridgehead atoms. The molecule has 1 aliphatic rings. The fraction of sp³-hybridized carbons (Fsp3) is 0.350. The Morgan fingerprint density at radius 1 is 1.08 bits per heavy atom. The van der Waals surface area contributed by atoms with E-state index in [1.165, 1.54) is 12.8 Å². The van der Waals surface area contributed by atoms with Gasteiger partial charge >= 0.3 is 0 Å². The highest BCUT2D eigenvalue weighted by Gasteiger charge is 2.22. The number of methoxy groups -OCH3 is 1. The molecule has 0 saturated carbocycles. The Hall–Kier alpha value is -2.33. The van der Waals surface area contributed by atoms with Crippen LogP contribution in [0.25, 0.3) is 0 Å². The van der Waals surface area contributed by atoms with Gasteiger partial charge in [0, 0.05) is 6.54 Å². The molecule has 1 fully saturated rings. The summed E-state index contributed by atoms with van der Waals surface area (Å²) in [5, 5.41) is 3.19. The second-order valence-electron chi connectivity index (χ2n) is 6.14. The van der Waals surface area contributed by atoms with E-state index in [0.29, 0.717) is 11.3 Å². The average Bonchev–Trinajstić information content (AvgIpc) is 3.15. The lowest BCUT2D eigenvalue weighted by molar-refractivity contribution is 0.0924. The van der Waals surface area contributed by atoms with Crippen molar-refractivity contribution in [3.63, 3.8) is 0 Å². The summed E-state index contributed by atoms with van der Waals surface area (Å²) in [5.74, 6) is 0.503. The van der Waals surface area contributed by atoms with Crippen molar-refractivity contribution in [2.24, 2.45) is 0 Å². The summed E-state index contributed by atoms with van der Waals surface area (Å²) in [5.41, 5.74) is 1.70. The third kappa shape index (κ3) is 3.95. The van der Waals surface area contributed by atoms with Crippen molar-refractivity contribution in [3.8, 4) is 5.75 Å². The average molecular weight is 324 g/mol. The number of ether oxygens (including phenoxy) is 1. The molecule has 126 valence electrons. The number of amides is 1. The van der Waals surface area contributed by atoms with Crippen LogP contribution in [0.3, 0.4) is 0 Å². The molecule has 3 rings (SSSR count). The Labute approximate surface area is 143 Å². The SMILES string of the molecule is COc1ccccc1C(=O)N[C@@H](CN1CCCC1)c1ccccc1. The molecule has 0 radical (unpaired) electrons. The van der Waals surface area contributed by atoms with Crippen LogP contribution in [0.15, 0.2) is 54.6 Å². The fourth-order valence-corrected chi connectivity index (χ4v) is 3.21. The van der Waals surface area contributed by atoms with E-state index in [0.717, 1.165) is 25.2 Å². The Kier molecular flexibility index (Phi) is 5.49. The van der Waals surface area contributed by atoms with Gasteiger partial charge in [0.2, 0.25) is 0 Å². The van der Waals surface area contributed by atoms with Crippen LogP contribution in [-0.2, 0) is 0 Å². The Balaban J connectivity index is 1.79. The number of carbonyl (C=O) groups excluding carboxylic acids is 1. The van der Waals surface area contributed by atoms with E-state index in [-0.39, 0.29) is 11.9 Å². The molecule has 1 saturated heterocycles. The van der Waals surface area contributed by atoms with Crippen molar-refractivity contribution < 1.29 is 9.53 Å². The van der Waals surface area contributed by atoms with Gasteiger partial charge < -0.3 is 15.0 Å². The van der Waals surface area contributed by atoms with Crippen molar-refractivity contribution in [3.05, 3.63) is 65.7 Å². The summed E-state index contributed by atoms with van der Waals surface area (Å²) in [6, 6.07) is 17.5. The molecule has 1 atom stereocenters. The Bertz CT molecular complexity index is 666. The van der Waals surface area contributed by atoms with E-state index in [1.807, 2.05) is 36.4 Å². The van der Waals surface area contributed by atoms with Crippen LogP contribution in [0.2, 0.25) is 0 Å². The monoisotopic (exact) mass is 324 g/mol. The molecule has 0 aliphatic carbocycles. The molecule has 1 heterocycles. The minimum absolute atomic E-state index is 0.0262. The zero-order chi connectivity index (χ0) is 16.8. The molecule has 2 aromatic carbocycles. The normalized spacial score (nSPS) is 15.9. The molecule has 1 aliphatic heterocycles. The van der Waals surface area contributed by atoms with Gasteiger partial charge in [0.1, 0.15) is 5.75 Å². The van der Waals surface area contributed by atoms with Crippen LogP contribution >= 0.6 is 0 Å². The molecular weight excluding hydrogens is 300 g/mol. The maximum Gasteiger partial charge on any atom is 0.255 e. The van der Waals surface area contributed by atoms with Crippen molar-refractivity contribution in [2.75, 3.05) is 26.7 Å². The highest BCUT2D eigenvalue weighted by molar-refractivity contribution is 5.97. The molecular formula is C20H24N2O2. The van der Waals surface area contributed by atoms with E-state index in [1.54, 1.807) is 13.2 Å². The van der Waals surface area contributed by atoms with E-state index in [4.69, 9.17) is 4.74 Å². The first kappa shape index (κ1) is 16.5. The number of para-hydroxylation sites is 1. The van der Waals surface area contributed by atoms with Gasteiger partial charge in [0.05, 0.1) is 18.7 Å². The summed E-state index contributed by atoms with van der Waals surface area (Å²) < 4.78 is 5.32. The van der Waals surface area contributed by atoms with Crippen LogP contribution in [0.5, 0.6) is 5.75 Å². The number of nitrogens with one attached hydrogen (secondary N) is 1. The van der Waals surface area contributed by atoms with Gasteiger partial charge in [-0.3, -0.25) is 4.79 Å². The number of hydrogen-bond donors (Lipinski definition) is 1. The summed E-state index contributed by atoms with van der Waals surface area (Å²) in [4.78, 5) is 15.2. The highest BCUT2D eigenvalue weighted by atomic mass is 16.5. The predicted molar refractivity (Wildman–Crippen MR) is 95.3 cm³/mol. The Morgan fingerprint density at radius 3 is 2.46 bits per heavy atom. The van der Waals surface area contributed by atoms with E-state index < -0.39 is 0 Å². The second-order valence-corrected chi connectivity index (χ2v) is 6.14. The van der Waals surface area contributed by atoms with Crippen molar-refractivity contribution >= 4 is 5.91 Å². The van der Waals surface area contributed by atoms with Crippen molar-refractivity contribution in [2.45, 2.75) is 18.9 Å². The molecule has 1 amide bonds. The van der Waals surface area contributed by atoms with Crippen LogP contribution < -0.4 is 10.1 Å². The molecule has 4 nitrogen and oxygen atoms in total. The standard InChI is InChI=1S/C20H24N2O2/c1-24-19-12-6-5-11-17(19)20(23)21-18(15-22-13-7-8-14-22)16-9-3-2-4-10-16/h2-6,9-12,18H,7-8,13-15H2,1H3,(H,21,23)/t18-/m0/s1. The lowest BCUT2D eigenvalue weighted by Crippen LogP contribution is -2.37. The number of benzene rings is 2. The van der Waals surface area contributed by atoms with E-state index in [2.05, 4.69) is 22.3 Å². The van der Waals surface area contributed by atoms with Crippen LogP contribution in [0.4, 0.5) is 0 Å². The molecule has 1 N–H and O–H groups in total. The third-order valence-electron chi connectivity index (χ3n) is 4.50. The number of carbonyl (C=O) groups is 1. The lowest BCUT2D eigenvalue weighted by atomic mass is 10.1. The fourth-order valence-electron chi connectivity index (χ4n) is 3.21. The maximum atomic E-state index is 12.8. The van der Waals surface area contributed by atoms with E-state index >= 15 is 0 Å². The molecule has 0 spiro atoms. The van der Waals surface area contributed by atoms with Gasteiger partial charge in [-0.25, -0.2) is 0 Å². The van der Waals surface area contributed by atoms with Crippen molar-refractivity contribution in [1.82, 2.24) is 10.2 Å². The van der Waals surface area contributed by atoms with Crippen LogP contribution in [-0.4, -0.2) is 37.6 Å². The van der Waals surface area contributed by atoms with Gasteiger partial charge in [0.15, 0.2) is 0 Å². The highest BCUT2D eigenvalue weighted by Crippen LogP contribution is 2.21. The topological polar surface area (TPSA) is 41.6 Å². The first-order valence-electron chi connectivity index (χ1n) is 8.49. The lowest BCUT2D eigenvalue weighted by Gasteiger charge is -2.25. The minimum atomic E-state index is -0.0968. The maximum absolute atomic E-state index is 12.8. The molecule has 2 aromatic rings. The van der Waals surface area contributed by atoms with Gasteiger partial charge in [-0.15, -0.1) is 0 Å². The number of hydrogen-bond acceptors (Lipinski definition) is 3. The van der Waals surface area contributed by atoms with E-state index in [9.17, 15) is 4.79 Å². The molecule has 0 unspecified atom stereocenters. The van der Waals surface area contributed by atoms with Gasteiger partial charge in [-0.2, -0.15) is 0 Å². The third-order valence-corrected chi connectivity index (χ3v) is 4.50. The van der Waals surface area contributed by atoms with Gasteiger partial charge in [-0.1, -0.05) is 42.5 Å². The first-order valence-corrected chi connectivity index (χ1v) is 8.49. The van der Waals surface area contributed by atoms with Crippen LogP contribution in [0.1, 0.15) is 34.8 Å². The largest absolute Gasteiger partial charge is 0.496 e. The molecule has 24 heavy (non-hydrogen) atoms. The minimum Gasteiger partial charge on any atom is -0.496 e. The van der Waals surface area contributed by atoms with Crippen LogP contribution in [0, 0.1) is 0 Å². The Morgan fingerprint density at radius 2 is 1.75 bits per heavy atom. The number of nitrogens with zero attached hydrogens (tertiary/aromatic N) is 1. The van der Waals surface area contributed by atoms with Gasteiger partial charge in [-0.05, 0) is 43.6 Å². The summed E-state index contributed by atoms with van der Waals surface area (Å²) in [7, 11) is 1.59. The smallest absolute Gasteiger partial charge is 0.255 e. The molecule has 0 aromatic heterocycles. The first-order chi connectivity index (χ1) is 11.8. The van der Waals surface area contributed by atoms with Gasteiger partial charge in [0.25, 0.3) is 5.91 Å². The molecule has 4 heteroatoms. The summed E-state index contributed by atoms with van der Waals surface area (Å²) in [6.45, 7) is 3.05. The second kappa shape index (κ2) is 7.97.